The first-order chi connectivity index (χ1) is 11.7. The van der Waals surface area contributed by atoms with E-state index >= 15 is 0 Å². The van der Waals surface area contributed by atoms with Crippen LogP contribution in [0.3, 0.4) is 0 Å². The summed E-state index contributed by atoms with van der Waals surface area (Å²) in [4.78, 5) is 13.9. The predicted octanol–water partition coefficient (Wildman–Crippen LogP) is 3.54. The molecule has 0 atom stereocenters. The second kappa shape index (κ2) is 7.42. The number of hydrogen-bond donors (Lipinski definition) is 0. The summed E-state index contributed by atoms with van der Waals surface area (Å²) in [6.07, 6.45) is 7.15. The first kappa shape index (κ1) is 15.7. The molecule has 1 aromatic heterocycles. The standard InChI is InChI=1S/C20H19N3O/c1-22(20(24)13-12-17-8-4-2-5-9-17)15-18-14-21-23(16-18)19-10-6-3-7-11-19/h2-14,16H,15H2,1H3. The minimum Gasteiger partial charge on any atom is -0.338 e. The zero-order valence-corrected chi connectivity index (χ0v) is 13.5. The second-order valence-electron chi connectivity index (χ2n) is 5.57. The van der Waals surface area contributed by atoms with Gasteiger partial charge in [0.1, 0.15) is 0 Å². The summed E-state index contributed by atoms with van der Waals surface area (Å²) < 4.78 is 1.81. The number of carbonyl (C=O) groups is 1. The molecular formula is C20H19N3O. The summed E-state index contributed by atoms with van der Waals surface area (Å²) in [5.41, 5.74) is 3.00. The van der Waals surface area contributed by atoms with Crippen LogP contribution < -0.4 is 0 Å². The van der Waals surface area contributed by atoms with Gasteiger partial charge in [-0.15, -0.1) is 0 Å². The number of likely N-dealkylation sites (N-methyl/N-ethyl adjacent to an activating group) is 1. The van der Waals surface area contributed by atoms with Gasteiger partial charge < -0.3 is 4.90 Å². The molecule has 0 spiro atoms. The van der Waals surface area contributed by atoms with Crippen LogP contribution in [0.25, 0.3) is 11.8 Å². The Morgan fingerprint density at radius 1 is 1.08 bits per heavy atom. The SMILES string of the molecule is CN(Cc1cnn(-c2ccccc2)c1)C(=O)C=Cc1ccccc1. The van der Waals surface area contributed by atoms with Crippen molar-refractivity contribution in [3.05, 3.63) is 90.3 Å². The van der Waals surface area contributed by atoms with E-state index in [0.29, 0.717) is 6.54 Å². The van der Waals surface area contributed by atoms with Crippen LogP contribution >= 0.6 is 0 Å². The van der Waals surface area contributed by atoms with Gasteiger partial charge in [-0.2, -0.15) is 5.10 Å². The average molecular weight is 317 g/mol. The molecule has 0 aliphatic rings. The Bertz CT molecular complexity index is 822. The minimum absolute atomic E-state index is 0.0358. The summed E-state index contributed by atoms with van der Waals surface area (Å²) in [5, 5.41) is 4.35. The maximum atomic E-state index is 12.2. The number of nitrogens with zero attached hydrogens (tertiary/aromatic N) is 3. The molecule has 0 fully saturated rings. The Morgan fingerprint density at radius 3 is 2.46 bits per heavy atom. The van der Waals surface area contributed by atoms with Gasteiger partial charge in [0, 0.05) is 31.4 Å². The van der Waals surface area contributed by atoms with Crippen LogP contribution in [0, 0.1) is 0 Å². The number of carbonyl (C=O) groups excluding carboxylic acids is 1. The van der Waals surface area contributed by atoms with Crippen molar-refractivity contribution < 1.29 is 4.79 Å². The van der Waals surface area contributed by atoms with Gasteiger partial charge in [-0.3, -0.25) is 4.79 Å². The molecule has 3 aromatic rings. The molecule has 0 radical (unpaired) electrons. The van der Waals surface area contributed by atoms with E-state index in [2.05, 4.69) is 5.10 Å². The quantitative estimate of drug-likeness (QED) is 0.675. The molecule has 0 saturated heterocycles. The number of hydrogen-bond acceptors (Lipinski definition) is 2. The first-order valence-electron chi connectivity index (χ1n) is 7.79. The van der Waals surface area contributed by atoms with Crippen molar-refractivity contribution in [3.8, 4) is 5.69 Å². The van der Waals surface area contributed by atoms with E-state index in [1.165, 1.54) is 0 Å². The minimum atomic E-state index is -0.0358. The van der Waals surface area contributed by atoms with E-state index in [1.54, 1.807) is 24.2 Å². The van der Waals surface area contributed by atoms with E-state index in [-0.39, 0.29) is 5.91 Å². The number of rotatable bonds is 5. The smallest absolute Gasteiger partial charge is 0.246 e. The van der Waals surface area contributed by atoms with E-state index in [1.807, 2.05) is 77.6 Å². The molecule has 120 valence electrons. The molecule has 0 aliphatic heterocycles. The highest BCUT2D eigenvalue weighted by atomic mass is 16.2. The third kappa shape index (κ3) is 3.98. The lowest BCUT2D eigenvalue weighted by molar-refractivity contribution is -0.125. The van der Waals surface area contributed by atoms with Gasteiger partial charge in [0.2, 0.25) is 5.91 Å². The Balaban J connectivity index is 1.62. The van der Waals surface area contributed by atoms with Crippen LogP contribution in [0.5, 0.6) is 0 Å². The molecule has 1 amide bonds. The summed E-state index contributed by atoms with van der Waals surface area (Å²) >= 11 is 0. The topological polar surface area (TPSA) is 38.1 Å². The van der Waals surface area contributed by atoms with Gasteiger partial charge in [-0.1, -0.05) is 48.5 Å². The Kier molecular flexibility index (Phi) is 4.87. The summed E-state index contributed by atoms with van der Waals surface area (Å²) in [6, 6.07) is 19.7. The molecule has 0 aliphatic carbocycles. The highest BCUT2D eigenvalue weighted by molar-refractivity contribution is 5.91. The van der Waals surface area contributed by atoms with Crippen molar-refractivity contribution in [1.29, 1.82) is 0 Å². The van der Waals surface area contributed by atoms with Gasteiger partial charge >= 0.3 is 0 Å². The molecule has 3 rings (SSSR count). The largest absolute Gasteiger partial charge is 0.338 e. The zero-order valence-electron chi connectivity index (χ0n) is 13.5. The van der Waals surface area contributed by atoms with E-state index < -0.39 is 0 Å². The fraction of sp³-hybridized carbons (Fsp3) is 0.100. The average Bonchev–Trinajstić information content (AvgIpc) is 3.10. The fourth-order valence-corrected chi connectivity index (χ4v) is 2.37. The lowest BCUT2D eigenvalue weighted by atomic mass is 10.2. The van der Waals surface area contributed by atoms with Gasteiger partial charge in [0.05, 0.1) is 11.9 Å². The van der Waals surface area contributed by atoms with Crippen LogP contribution in [0.15, 0.2) is 79.1 Å². The first-order valence-corrected chi connectivity index (χ1v) is 7.79. The van der Waals surface area contributed by atoms with Crippen LogP contribution in [0.2, 0.25) is 0 Å². The van der Waals surface area contributed by atoms with Gasteiger partial charge in [-0.05, 0) is 23.8 Å². The highest BCUT2D eigenvalue weighted by Crippen LogP contribution is 2.09. The summed E-state index contributed by atoms with van der Waals surface area (Å²) in [6.45, 7) is 0.519. The Labute approximate surface area is 141 Å². The van der Waals surface area contributed by atoms with Crippen molar-refractivity contribution in [1.82, 2.24) is 14.7 Å². The molecular weight excluding hydrogens is 298 g/mol. The third-order valence-electron chi connectivity index (χ3n) is 3.67. The molecule has 4 heteroatoms. The maximum absolute atomic E-state index is 12.2. The summed E-state index contributed by atoms with van der Waals surface area (Å²) in [5.74, 6) is -0.0358. The molecule has 2 aromatic carbocycles. The third-order valence-corrected chi connectivity index (χ3v) is 3.67. The Morgan fingerprint density at radius 2 is 1.75 bits per heavy atom. The summed E-state index contributed by atoms with van der Waals surface area (Å²) in [7, 11) is 1.79. The molecule has 1 heterocycles. The normalized spacial score (nSPS) is 10.9. The van der Waals surface area contributed by atoms with Crippen molar-refractivity contribution in [2.24, 2.45) is 0 Å². The molecule has 0 N–H and O–H groups in total. The van der Waals surface area contributed by atoms with Crippen molar-refractivity contribution in [2.75, 3.05) is 7.05 Å². The molecule has 0 saturated carbocycles. The van der Waals surface area contributed by atoms with Crippen molar-refractivity contribution >= 4 is 12.0 Å². The highest BCUT2D eigenvalue weighted by Gasteiger charge is 2.08. The number of aromatic nitrogens is 2. The van der Waals surface area contributed by atoms with E-state index in [0.717, 1.165) is 16.8 Å². The molecule has 0 bridgehead atoms. The molecule has 0 unspecified atom stereocenters. The predicted molar refractivity (Wildman–Crippen MR) is 95.5 cm³/mol. The maximum Gasteiger partial charge on any atom is 0.246 e. The number of benzene rings is 2. The van der Waals surface area contributed by atoms with Crippen LogP contribution in [0.4, 0.5) is 0 Å². The number of para-hydroxylation sites is 1. The van der Waals surface area contributed by atoms with Gasteiger partial charge in [-0.25, -0.2) is 4.68 Å². The van der Waals surface area contributed by atoms with Crippen molar-refractivity contribution in [3.63, 3.8) is 0 Å². The second-order valence-corrected chi connectivity index (χ2v) is 5.57. The van der Waals surface area contributed by atoms with Crippen molar-refractivity contribution in [2.45, 2.75) is 6.54 Å². The Hall–Kier alpha value is -3.14. The van der Waals surface area contributed by atoms with Gasteiger partial charge in [0.25, 0.3) is 0 Å². The fourth-order valence-electron chi connectivity index (χ4n) is 2.37. The molecule has 4 nitrogen and oxygen atoms in total. The van der Waals surface area contributed by atoms with Crippen LogP contribution in [-0.4, -0.2) is 27.6 Å². The van der Waals surface area contributed by atoms with Crippen LogP contribution in [-0.2, 0) is 11.3 Å². The lowest BCUT2D eigenvalue weighted by Crippen LogP contribution is -2.23. The molecule has 24 heavy (non-hydrogen) atoms. The van der Waals surface area contributed by atoms with Crippen LogP contribution in [0.1, 0.15) is 11.1 Å². The van der Waals surface area contributed by atoms with E-state index in [9.17, 15) is 4.79 Å². The number of amides is 1. The van der Waals surface area contributed by atoms with E-state index in [4.69, 9.17) is 0 Å². The lowest BCUT2D eigenvalue weighted by Gasteiger charge is -2.13. The van der Waals surface area contributed by atoms with Gasteiger partial charge in [0.15, 0.2) is 0 Å². The monoisotopic (exact) mass is 317 g/mol. The zero-order chi connectivity index (χ0) is 16.8.